The Kier molecular flexibility index (Phi) is 4.97. The molecular weight excluding hydrogens is 404 g/mol. The third-order valence-electron chi connectivity index (χ3n) is 4.41. The Labute approximate surface area is 169 Å². The molecule has 0 fully saturated rings. The van der Waals surface area contributed by atoms with Gasteiger partial charge in [0.15, 0.2) is 0 Å². The number of hydrogen-bond donors (Lipinski definition) is 4. The van der Waals surface area contributed by atoms with Gasteiger partial charge in [-0.25, -0.2) is 9.37 Å². The van der Waals surface area contributed by atoms with Crippen LogP contribution in [-0.2, 0) is 0 Å². The van der Waals surface area contributed by atoms with Crippen LogP contribution < -0.4 is 16.2 Å². The minimum Gasteiger partial charge on any atom is -0.382 e. The summed E-state index contributed by atoms with van der Waals surface area (Å²) in [5, 5.41) is 7.60. The highest BCUT2D eigenvalue weighted by Gasteiger charge is 2.19. The Morgan fingerprint density at radius 3 is 2.71 bits per heavy atom. The van der Waals surface area contributed by atoms with E-state index in [9.17, 15) is 9.18 Å². The smallest absolute Gasteiger partial charge is 0.261 e. The Balaban J connectivity index is 1.98. The first kappa shape index (κ1) is 18.7. The maximum Gasteiger partial charge on any atom is 0.261 e. The van der Waals surface area contributed by atoms with Crippen LogP contribution in [0.2, 0.25) is 10.0 Å². The zero-order valence-electron chi connectivity index (χ0n) is 14.8. The summed E-state index contributed by atoms with van der Waals surface area (Å²) < 4.78 is 13.8. The summed E-state index contributed by atoms with van der Waals surface area (Å²) in [6, 6.07) is 7.92. The number of halogens is 3. The van der Waals surface area contributed by atoms with E-state index in [0.717, 1.165) is 5.39 Å². The highest BCUT2D eigenvalue weighted by Crippen LogP contribution is 2.32. The molecule has 0 aliphatic heterocycles. The summed E-state index contributed by atoms with van der Waals surface area (Å²) in [6.45, 7) is 1.27. The molecule has 0 amide bonds. The molecule has 144 valence electrons. The van der Waals surface area contributed by atoms with Crippen LogP contribution in [0.4, 0.5) is 10.1 Å². The summed E-state index contributed by atoms with van der Waals surface area (Å²) in [5.74, 6) is -0.248. The summed E-state index contributed by atoms with van der Waals surface area (Å²) in [7, 11) is 1.84. The fourth-order valence-electron chi connectivity index (χ4n) is 3.11. The van der Waals surface area contributed by atoms with E-state index in [-0.39, 0.29) is 10.6 Å². The second-order valence-electron chi connectivity index (χ2n) is 6.29. The lowest BCUT2D eigenvalue weighted by Crippen LogP contribution is -2.20. The van der Waals surface area contributed by atoms with Crippen LogP contribution in [0.5, 0.6) is 0 Å². The number of imidazole rings is 1. The molecule has 9 heteroatoms. The van der Waals surface area contributed by atoms with Gasteiger partial charge in [0.05, 0.1) is 27.3 Å². The van der Waals surface area contributed by atoms with Gasteiger partial charge in [0.2, 0.25) is 0 Å². The molecule has 28 heavy (non-hydrogen) atoms. The zero-order valence-corrected chi connectivity index (χ0v) is 16.3. The van der Waals surface area contributed by atoms with Crippen molar-refractivity contribution < 1.29 is 4.39 Å². The second-order valence-corrected chi connectivity index (χ2v) is 7.14. The Bertz CT molecular complexity index is 1210. The van der Waals surface area contributed by atoms with Crippen molar-refractivity contribution in [1.82, 2.24) is 20.3 Å². The largest absolute Gasteiger partial charge is 0.382 e. The molecule has 2 heterocycles. The predicted octanol–water partition coefficient (Wildman–Crippen LogP) is 4.15. The lowest BCUT2D eigenvalue weighted by molar-refractivity contribution is 0.630. The first-order valence-electron chi connectivity index (χ1n) is 8.57. The molecule has 2 aromatic carbocycles. The zero-order chi connectivity index (χ0) is 19.8. The molecule has 0 saturated heterocycles. The van der Waals surface area contributed by atoms with Gasteiger partial charge in [-0.1, -0.05) is 23.2 Å². The van der Waals surface area contributed by atoms with E-state index in [4.69, 9.17) is 23.2 Å². The van der Waals surface area contributed by atoms with Crippen LogP contribution in [0.25, 0.3) is 33.3 Å². The number of aromatic nitrogens is 3. The normalized spacial score (nSPS) is 11.4. The molecule has 0 spiro atoms. The van der Waals surface area contributed by atoms with Gasteiger partial charge in [-0.15, -0.1) is 0 Å². The van der Waals surface area contributed by atoms with Gasteiger partial charge in [-0.05, 0) is 31.3 Å². The number of H-pyrrole nitrogens is 2. The molecule has 6 nitrogen and oxygen atoms in total. The lowest BCUT2D eigenvalue weighted by Gasteiger charge is -2.13. The monoisotopic (exact) mass is 419 g/mol. The number of anilines is 1. The number of fused-ring (bicyclic) bond motifs is 2. The van der Waals surface area contributed by atoms with Gasteiger partial charge in [0.1, 0.15) is 17.2 Å². The van der Waals surface area contributed by atoms with Gasteiger partial charge in [0.25, 0.3) is 5.56 Å². The summed E-state index contributed by atoms with van der Waals surface area (Å²) in [4.78, 5) is 23.2. The fraction of sp³-hybridized carbons (Fsp3) is 0.158. The molecule has 4 aromatic rings. The van der Waals surface area contributed by atoms with Crippen LogP contribution >= 0.6 is 23.2 Å². The lowest BCUT2D eigenvalue weighted by atomic mass is 10.1. The first-order chi connectivity index (χ1) is 13.5. The number of nitrogens with one attached hydrogen (secondary N) is 4. The average molecular weight is 420 g/mol. The molecule has 0 saturated carbocycles. The van der Waals surface area contributed by atoms with Crippen molar-refractivity contribution >= 4 is 50.8 Å². The maximum atomic E-state index is 13.8. The SMILES string of the molecule is CNCCNc1c(-c2nc3cc(Cl)c(F)cc3[nH]2)c(=O)[nH]c2ccc(Cl)cc12. The number of likely N-dealkylation sites (N-methyl/N-ethyl adjacent to an activating group) is 1. The molecule has 0 atom stereocenters. The van der Waals surface area contributed by atoms with Crippen LogP contribution in [0.1, 0.15) is 0 Å². The van der Waals surface area contributed by atoms with Gasteiger partial charge in [-0.2, -0.15) is 0 Å². The molecule has 4 N–H and O–H groups in total. The van der Waals surface area contributed by atoms with E-state index in [2.05, 4.69) is 25.6 Å². The van der Waals surface area contributed by atoms with Gasteiger partial charge in [0, 0.05) is 29.6 Å². The van der Waals surface area contributed by atoms with E-state index >= 15 is 0 Å². The number of hydrogen-bond acceptors (Lipinski definition) is 4. The Morgan fingerprint density at radius 1 is 1.11 bits per heavy atom. The minimum atomic E-state index is -0.559. The minimum absolute atomic E-state index is 0.0304. The molecule has 0 bridgehead atoms. The number of nitrogens with zero attached hydrogens (tertiary/aromatic N) is 1. The van der Waals surface area contributed by atoms with Gasteiger partial charge < -0.3 is 20.6 Å². The Hall–Kier alpha value is -2.61. The van der Waals surface area contributed by atoms with Crippen molar-refractivity contribution in [1.29, 1.82) is 0 Å². The van der Waals surface area contributed by atoms with Crippen LogP contribution in [0, 0.1) is 5.82 Å². The van der Waals surface area contributed by atoms with E-state index in [1.807, 2.05) is 7.05 Å². The first-order valence-corrected chi connectivity index (χ1v) is 9.32. The summed E-state index contributed by atoms with van der Waals surface area (Å²) in [5.41, 5.74) is 2.15. The van der Waals surface area contributed by atoms with Crippen molar-refractivity contribution in [3.8, 4) is 11.4 Å². The molecule has 0 radical (unpaired) electrons. The van der Waals surface area contributed by atoms with E-state index < -0.39 is 5.82 Å². The van der Waals surface area contributed by atoms with Gasteiger partial charge in [-0.3, -0.25) is 4.79 Å². The quantitative estimate of drug-likeness (QED) is 0.366. The summed E-state index contributed by atoms with van der Waals surface area (Å²) >= 11 is 12.0. The van der Waals surface area contributed by atoms with Crippen molar-refractivity contribution in [2.45, 2.75) is 0 Å². The van der Waals surface area contributed by atoms with Crippen LogP contribution in [0.15, 0.2) is 35.1 Å². The highest BCUT2D eigenvalue weighted by atomic mass is 35.5. The van der Waals surface area contributed by atoms with Gasteiger partial charge >= 0.3 is 0 Å². The highest BCUT2D eigenvalue weighted by molar-refractivity contribution is 6.31. The second kappa shape index (κ2) is 7.43. The number of rotatable bonds is 5. The molecule has 0 aliphatic carbocycles. The fourth-order valence-corrected chi connectivity index (χ4v) is 3.44. The van der Waals surface area contributed by atoms with Crippen molar-refractivity contribution in [2.75, 3.05) is 25.5 Å². The number of pyridine rings is 1. The molecule has 0 aliphatic rings. The summed E-state index contributed by atoms with van der Waals surface area (Å²) in [6.07, 6.45) is 0. The average Bonchev–Trinajstić information content (AvgIpc) is 3.04. The van der Waals surface area contributed by atoms with E-state index in [1.54, 1.807) is 18.2 Å². The topological polar surface area (TPSA) is 85.6 Å². The predicted molar refractivity (Wildman–Crippen MR) is 112 cm³/mol. The molecular formula is C19H16Cl2FN5O. The Morgan fingerprint density at radius 2 is 1.93 bits per heavy atom. The maximum absolute atomic E-state index is 13.8. The van der Waals surface area contributed by atoms with E-state index in [0.29, 0.717) is 51.7 Å². The van der Waals surface area contributed by atoms with Crippen molar-refractivity contribution in [3.63, 3.8) is 0 Å². The van der Waals surface area contributed by atoms with Crippen LogP contribution in [-0.4, -0.2) is 35.1 Å². The standard InChI is InChI=1S/C19H16Cl2FN5O/c1-23-4-5-24-17-10-6-9(20)2-3-13(10)27-19(28)16(17)18-25-14-7-11(21)12(22)8-15(14)26-18/h2-3,6-8,23H,4-5H2,1H3,(H,25,26)(H2,24,27,28). The van der Waals surface area contributed by atoms with Crippen LogP contribution in [0.3, 0.4) is 0 Å². The van der Waals surface area contributed by atoms with Crippen molar-refractivity contribution in [3.05, 3.63) is 56.5 Å². The number of benzene rings is 2. The van der Waals surface area contributed by atoms with E-state index in [1.165, 1.54) is 12.1 Å². The third kappa shape index (κ3) is 3.32. The molecule has 2 aromatic heterocycles. The molecule has 0 unspecified atom stereocenters. The number of aromatic amines is 2. The van der Waals surface area contributed by atoms with Crippen molar-refractivity contribution in [2.24, 2.45) is 0 Å². The third-order valence-corrected chi connectivity index (χ3v) is 4.94. The molecule has 4 rings (SSSR count).